The Balaban J connectivity index is 2.59. The van der Waals surface area contributed by atoms with Crippen molar-refractivity contribution in [3.63, 3.8) is 0 Å². The zero-order chi connectivity index (χ0) is 14.3. The molecule has 0 radical (unpaired) electrons. The normalized spacial score (nSPS) is 15.8. The molecule has 0 spiro atoms. The fraction of sp³-hybridized carbons (Fsp3) is 0.300. The number of hydrogen-bond acceptors (Lipinski definition) is 3. The summed E-state index contributed by atoms with van der Waals surface area (Å²) in [5.74, 6) is -0.239. The monoisotopic (exact) mass is 281 g/mol. The highest BCUT2D eigenvalue weighted by atomic mass is 19.4. The fourth-order valence-corrected chi connectivity index (χ4v) is 1.46. The highest BCUT2D eigenvalue weighted by Crippen LogP contribution is 2.36. The number of aliphatic imine (C=N–C) groups is 1. The predicted molar refractivity (Wildman–Crippen MR) is 52.7 cm³/mol. The molecule has 0 saturated heterocycles. The topological polar surface area (TPSA) is 37.1 Å². The molecule has 3 nitrogen and oxygen atoms in total. The van der Waals surface area contributed by atoms with E-state index in [1.165, 1.54) is 0 Å². The Bertz CT molecular complexity index is 523. The largest absolute Gasteiger partial charge is 0.416 e. The lowest BCUT2D eigenvalue weighted by atomic mass is 10.0. The van der Waals surface area contributed by atoms with Gasteiger partial charge in [-0.3, -0.25) is 0 Å². The van der Waals surface area contributed by atoms with Crippen molar-refractivity contribution in [1.82, 2.24) is 0 Å². The predicted octanol–water partition coefficient (Wildman–Crippen LogP) is 3.89. The van der Waals surface area contributed by atoms with Crippen LogP contribution in [-0.2, 0) is 12.4 Å². The minimum Gasteiger partial charge on any atom is -0.239 e. The van der Waals surface area contributed by atoms with Crippen molar-refractivity contribution in [1.29, 1.82) is 0 Å². The Morgan fingerprint density at radius 2 is 1.37 bits per heavy atom. The molecule has 1 aromatic rings. The van der Waals surface area contributed by atoms with Crippen LogP contribution in [0.25, 0.3) is 0 Å². The van der Waals surface area contributed by atoms with Crippen LogP contribution in [0.2, 0.25) is 0 Å². The molecule has 19 heavy (non-hydrogen) atoms. The third-order valence-electron chi connectivity index (χ3n) is 2.30. The van der Waals surface area contributed by atoms with E-state index in [4.69, 9.17) is 0 Å². The molecule has 102 valence electrons. The van der Waals surface area contributed by atoms with Gasteiger partial charge in [-0.15, -0.1) is 5.11 Å². The Hall–Kier alpha value is -1.93. The summed E-state index contributed by atoms with van der Waals surface area (Å²) in [5.41, 5.74) is -3.16. The Kier molecular flexibility index (Phi) is 3.07. The molecule has 2 rings (SSSR count). The van der Waals surface area contributed by atoms with Crippen LogP contribution in [0.1, 0.15) is 16.7 Å². The second-order valence-electron chi connectivity index (χ2n) is 3.66. The number of hydrogen-bond donors (Lipinski definition) is 0. The van der Waals surface area contributed by atoms with Gasteiger partial charge in [0.25, 0.3) is 0 Å². The second kappa shape index (κ2) is 4.32. The van der Waals surface area contributed by atoms with E-state index in [0.717, 1.165) is 0 Å². The van der Waals surface area contributed by atoms with E-state index in [2.05, 4.69) is 15.2 Å². The molecular weight excluding hydrogens is 276 g/mol. The fourth-order valence-electron chi connectivity index (χ4n) is 1.46. The van der Waals surface area contributed by atoms with Crippen LogP contribution < -0.4 is 0 Å². The summed E-state index contributed by atoms with van der Waals surface area (Å²) < 4.78 is 75.4. The van der Waals surface area contributed by atoms with E-state index < -0.39 is 23.5 Å². The quantitative estimate of drug-likeness (QED) is 0.700. The van der Waals surface area contributed by atoms with Gasteiger partial charge in [0, 0.05) is 5.56 Å². The average Bonchev–Trinajstić information content (AvgIpc) is 2.79. The number of rotatable bonds is 1. The molecule has 0 aromatic heterocycles. The van der Waals surface area contributed by atoms with Crippen LogP contribution in [0.15, 0.2) is 33.4 Å². The molecule has 1 aliphatic heterocycles. The molecule has 1 aromatic carbocycles. The molecule has 9 heteroatoms. The van der Waals surface area contributed by atoms with Gasteiger partial charge in [-0.25, -0.2) is 4.99 Å². The van der Waals surface area contributed by atoms with E-state index >= 15 is 0 Å². The Morgan fingerprint density at radius 1 is 0.842 bits per heavy atom. The number of amidine groups is 1. The van der Waals surface area contributed by atoms with Gasteiger partial charge in [-0.2, -0.15) is 31.5 Å². The summed E-state index contributed by atoms with van der Waals surface area (Å²) in [6.45, 7) is -0.104. The van der Waals surface area contributed by atoms with Crippen molar-refractivity contribution in [3.8, 4) is 0 Å². The van der Waals surface area contributed by atoms with Gasteiger partial charge in [0.2, 0.25) is 0 Å². The molecule has 0 fully saturated rings. The van der Waals surface area contributed by atoms with E-state index in [1.807, 2.05) is 0 Å². The highest BCUT2D eigenvalue weighted by molar-refractivity contribution is 6.00. The minimum atomic E-state index is -4.88. The molecule has 0 unspecified atom stereocenters. The summed E-state index contributed by atoms with van der Waals surface area (Å²) in [4.78, 5) is 3.60. The zero-order valence-corrected chi connectivity index (χ0v) is 9.05. The molecule has 0 bridgehead atoms. The first-order chi connectivity index (χ1) is 8.68. The van der Waals surface area contributed by atoms with Crippen molar-refractivity contribution in [2.24, 2.45) is 15.2 Å². The van der Waals surface area contributed by atoms with E-state index in [1.54, 1.807) is 0 Å². The molecule has 1 heterocycles. The Morgan fingerprint density at radius 3 is 1.74 bits per heavy atom. The van der Waals surface area contributed by atoms with Crippen molar-refractivity contribution in [2.45, 2.75) is 12.4 Å². The number of benzene rings is 1. The average molecular weight is 281 g/mol. The maximum Gasteiger partial charge on any atom is 0.416 e. The SMILES string of the molecule is FC(F)(F)c1cc(C2=NCN=N2)cc(C(F)(F)F)c1. The molecule has 0 amide bonds. The number of nitrogens with zero attached hydrogens (tertiary/aromatic N) is 3. The zero-order valence-electron chi connectivity index (χ0n) is 9.05. The van der Waals surface area contributed by atoms with Crippen LogP contribution in [0.3, 0.4) is 0 Å². The lowest BCUT2D eigenvalue weighted by Gasteiger charge is -2.13. The van der Waals surface area contributed by atoms with Crippen LogP contribution in [0.5, 0.6) is 0 Å². The Labute approximate surface area is 102 Å². The maximum absolute atomic E-state index is 12.6. The summed E-state index contributed by atoms with van der Waals surface area (Å²) in [6, 6.07) is 1.19. The molecule has 0 aliphatic carbocycles. The molecule has 0 atom stereocenters. The number of azo groups is 1. The van der Waals surface area contributed by atoms with Crippen LogP contribution in [0.4, 0.5) is 26.3 Å². The van der Waals surface area contributed by atoms with E-state index in [9.17, 15) is 26.3 Å². The summed E-state index contributed by atoms with van der Waals surface area (Å²) in [7, 11) is 0. The van der Waals surface area contributed by atoms with Crippen molar-refractivity contribution in [2.75, 3.05) is 6.67 Å². The second-order valence-corrected chi connectivity index (χ2v) is 3.66. The van der Waals surface area contributed by atoms with E-state index in [-0.39, 0.29) is 24.1 Å². The summed E-state index contributed by atoms with van der Waals surface area (Å²) >= 11 is 0. The lowest BCUT2D eigenvalue weighted by Crippen LogP contribution is -2.13. The molecule has 0 N–H and O–H groups in total. The first-order valence-corrected chi connectivity index (χ1v) is 4.90. The maximum atomic E-state index is 12.6. The van der Waals surface area contributed by atoms with Gasteiger partial charge >= 0.3 is 12.4 Å². The van der Waals surface area contributed by atoms with Gasteiger partial charge in [0.05, 0.1) is 11.1 Å². The molecular formula is C10H5F6N3. The molecule has 0 saturated carbocycles. The van der Waals surface area contributed by atoms with Gasteiger partial charge in [0.1, 0.15) is 0 Å². The first kappa shape index (κ1) is 13.5. The van der Waals surface area contributed by atoms with Crippen LogP contribution in [0, 0.1) is 0 Å². The van der Waals surface area contributed by atoms with Gasteiger partial charge < -0.3 is 0 Å². The van der Waals surface area contributed by atoms with Crippen molar-refractivity contribution < 1.29 is 26.3 Å². The van der Waals surface area contributed by atoms with Crippen LogP contribution >= 0.6 is 0 Å². The lowest BCUT2D eigenvalue weighted by molar-refractivity contribution is -0.143. The number of alkyl halides is 6. The van der Waals surface area contributed by atoms with Gasteiger partial charge in [0.15, 0.2) is 12.5 Å². The standard InChI is InChI=1S/C10H5F6N3/c11-9(12,13)6-1-5(8-17-4-18-19-8)2-7(3-6)10(14,15)16/h1-3H,4H2. The third-order valence-corrected chi connectivity index (χ3v) is 2.30. The summed E-state index contributed by atoms with van der Waals surface area (Å²) in [5, 5.41) is 6.78. The number of halogens is 6. The molecule has 1 aliphatic rings. The van der Waals surface area contributed by atoms with E-state index in [0.29, 0.717) is 12.1 Å². The summed E-state index contributed by atoms with van der Waals surface area (Å²) in [6.07, 6.45) is -9.77. The smallest absolute Gasteiger partial charge is 0.239 e. The van der Waals surface area contributed by atoms with Gasteiger partial charge in [-0.05, 0) is 18.2 Å². The first-order valence-electron chi connectivity index (χ1n) is 4.90. The minimum absolute atomic E-state index is 0.0517. The highest BCUT2D eigenvalue weighted by Gasteiger charge is 2.37. The third kappa shape index (κ3) is 2.91. The van der Waals surface area contributed by atoms with Gasteiger partial charge in [-0.1, -0.05) is 0 Å². The van der Waals surface area contributed by atoms with Crippen LogP contribution in [-0.4, -0.2) is 12.5 Å². The van der Waals surface area contributed by atoms with Crippen molar-refractivity contribution in [3.05, 3.63) is 34.9 Å². The van der Waals surface area contributed by atoms with Crippen molar-refractivity contribution >= 4 is 5.84 Å².